The van der Waals surface area contributed by atoms with E-state index in [9.17, 15) is 9.59 Å². The molecule has 150 valence electrons. The Hall–Kier alpha value is -3.08. The molecule has 0 aliphatic carbocycles. The fraction of sp³-hybridized carbons (Fsp3) is 0.333. The monoisotopic (exact) mass is 390 g/mol. The van der Waals surface area contributed by atoms with Crippen molar-refractivity contribution in [2.24, 2.45) is 11.8 Å². The molecule has 2 aliphatic rings. The largest absolute Gasteiger partial charge is 0.495 e. The second-order valence-electron chi connectivity index (χ2n) is 8.06. The van der Waals surface area contributed by atoms with Crippen molar-refractivity contribution >= 4 is 23.1 Å². The van der Waals surface area contributed by atoms with Gasteiger partial charge in [0.2, 0.25) is 0 Å². The van der Waals surface area contributed by atoms with Gasteiger partial charge in [0.1, 0.15) is 11.4 Å². The Bertz CT molecular complexity index is 957. The van der Waals surface area contributed by atoms with Gasteiger partial charge in [-0.2, -0.15) is 0 Å². The molecule has 1 fully saturated rings. The molecule has 0 radical (unpaired) electrons. The Morgan fingerprint density at radius 3 is 2.14 bits per heavy atom. The third kappa shape index (κ3) is 3.41. The zero-order valence-corrected chi connectivity index (χ0v) is 17.1. The van der Waals surface area contributed by atoms with Gasteiger partial charge in [0, 0.05) is 13.1 Å². The van der Waals surface area contributed by atoms with E-state index in [1.54, 1.807) is 19.2 Å². The molecule has 2 unspecified atom stereocenters. The second-order valence-corrected chi connectivity index (χ2v) is 8.06. The van der Waals surface area contributed by atoms with Gasteiger partial charge in [-0.3, -0.25) is 9.59 Å². The lowest BCUT2D eigenvalue weighted by atomic mass is 9.91. The van der Waals surface area contributed by atoms with Crippen molar-refractivity contribution in [1.29, 1.82) is 0 Å². The number of methoxy groups -OCH3 is 1. The Morgan fingerprint density at radius 1 is 0.862 bits per heavy atom. The highest BCUT2D eigenvalue weighted by Crippen LogP contribution is 2.39. The van der Waals surface area contributed by atoms with Gasteiger partial charge < -0.3 is 9.64 Å². The predicted octanol–water partition coefficient (Wildman–Crippen LogP) is 3.96. The number of ether oxygens (including phenoxy) is 1. The molecule has 2 heterocycles. The fourth-order valence-electron chi connectivity index (χ4n) is 4.56. The van der Waals surface area contributed by atoms with Crippen LogP contribution in [0.1, 0.15) is 25.8 Å². The van der Waals surface area contributed by atoms with Gasteiger partial charge in [-0.15, -0.1) is 0 Å². The van der Waals surface area contributed by atoms with Gasteiger partial charge in [-0.05, 0) is 36.0 Å². The number of nitrogens with zero attached hydrogens (tertiary/aromatic N) is 2. The zero-order chi connectivity index (χ0) is 20.5. The molecule has 0 N–H and O–H groups in total. The van der Waals surface area contributed by atoms with Crippen molar-refractivity contribution < 1.29 is 14.3 Å². The molecule has 5 heteroatoms. The van der Waals surface area contributed by atoms with Crippen LogP contribution in [-0.4, -0.2) is 36.9 Å². The van der Waals surface area contributed by atoms with Crippen molar-refractivity contribution in [3.63, 3.8) is 0 Å². The van der Waals surface area contributed by atoms with E-state index < -0.39 is 0 Å². The van der Waals surface area contributed by atoms with Crippen LogP contribution in [0.25, 0.3) is 5.57 Å². The summed E-state index contributed by atoms with van der Waals surface area (Å²) in [7, 11) is 1.55. The molecule has 2 aromatic carbocycles. The SMILES string of the molecule is COc1ccccc1N1C(=O)C(c2ccccc2)=C(N2CC(C)CC(C)C2)C1=O. The summed E-state index contributed by atoms with van der Waals surface area (Å²) in [6, 6.07) is 16.6. The van der Waals surface area contributed by atoms with E-state index in [4.69, 9.17) is 4.74 Å². The molecular weight excluding hydrogens is 364 g/mol. The zero-order valence-electron chi connectivity index (χ0n) is 17.1. The van der Waals surface area contributed by atoms with Crippen LogP contribution in [-0.2, 0) is 9.59 Å². The standard InChI is InChI=1S/C24H26N2O3/c1-16-13-17(2)15-25(14-16)22-21(18-9-5-4-6-10-18)23(27)26(24(22)28)19-11-7-8-12-20(19)29-3/h4-12,16-17H,13-15H2,1-3H3. The van der Waals surface area contributed by atoms with Crippen LogP contribution < -0.4 is 9.64 Å². The van der Waals surface area contributed by atoms with Gasteiger partial charge in [-0.1, -0.05) is 56.3 Å². The first kappa shape index (κ1) is 19.2. The number of amides is 2. The molecule has 2 aliphatic heterocycles. The number of benzene rings is 2. The van der Waals surface area contributed by atoms with Crippen LogP contribution in [0.3, 0.4) is 0 Å². The smallest absolute Gasteiger partial charge is 0.282 e. The Morgan fingerprint density at radius 2 is 1.48 bits per heavy atom. The van der Waals surface area contributed by atoms with E-state index in [2.05, 4.69) is 18.7 Å². The number of likely N-dealkylation sites (tertiary alicyclic amines) is 1. The maximum absolute atomic E-state index is 13.6. The van der Waals surface area contributed by atoms with Crippen molar-refractivity contribution in [1.82, 2.24) is 4.90 Å². The summed E-state index contributed by atoms with van der Waals surface area (Å²) in [6.45, 7) is 5.94. The van der Waals surface area contributed by atoms with E-state index in [1.807, 2.05) is 42.5 Å². The normalized spacial score (nSPS) is 22.4. The molecule has 2 amide bonds. The lowest BCUT2D eigenvalue weighted by Crippen LogP contribution is -2.42. The van der Waals surface area contributed by atoms with Crippen LogP contribution in [0.4, 0.5) is 5.69 Å². The van der Waals surface area contributed by atoms with Crippen LogP contribution in [0, 0.1) is 11.8 Å². The van der Waals surface area contributed by atoms with E-state index in [1.165, 1.54) is 4.90 Å². The Labute approximate surface area is 171 Å². The molecule has 0 spiro atoms. The number of para-hydroxylation sites is 2. The number of carbonyl (C=O) groups excluding carboxylic acids is 2. The van der Waals surface area contributed by atoms with Crippen LogP contribution >= 0.6 is 0 Å². The highest BCUT2D eigenvalue weighted by atomic mass is 16.5. The van der Waals surface area contributed by atoms with E-state index in [-0.39, 0.29) is 11.8 Å². The summed E-state index contributed by atoms with van der Waals surface area (Å²) in [5.74, 6) is 0.854. The number of rotatable bonds is 4. The van der Waals surface area contributed by atoms with Crippen LogP contribution in [0.2, 0.25) is 0 Å². The second kappa shape index (κ2) is 7.74. The van der Waals surface area contributed by atoms with Gasteiger partial charge in [-0.25, -0.2) is 4.90 Å². The maximum Gasteiger partial charge on any atom is 0.282 e. The van der Waals surface area contributed by atoms with Crippen molar-refractivity contribution in [3.8, 4) is 5.75 Å². The molecule has 0 saturated carbocycles. The highest BCUT2D eigenvalue weighted by Gasteiger charge is 2.44. The molecule has 29 heavy (non-hydrogen) atoms. The van der Waals surface area contributed by atoms with Gasteiger partial charge in [0.25, 0.3) is 11.8 Å². The molecule has 4 rings (SSSR count). The lowest BCUT2D eigenvalue weighted by Gasteiger charge is -2.37. The number of piperidine rings is 1. The minimum atomic E-state index is -0.299. The molecule has 1 saturated heterocycles. The minimum absolute atomic E-state index is 0.278. The Balaban J connectivity index is 1.85. The molecule has 5 nitrogen and oxygen atoms in total. The minimum Gasteiger partial charge on any atom is -0.495 e. The summed E-state index contributed by atoms with van der Waals surface area (Å²) in [5.41, 5.74) is 2.23. The highest BCUT2D eigenvalue weighted by molar-refractivity contribution is 6.45. The van der Waals surface area contributed by atoms with Crippen molar-refractivity contribution in [2.45, 2.75) is 20.3 Å². The fourth-order valence-corrected chi connectivity index (χ4v) is 4.56. The average Bonchev–Trinajstić information content (AvgIpc) is 2.98. The first-order valence-corrected chi connectivity index (χ1v) is 10.1. The van der Waals surface area contributed by atoms with Crippen molar-refractivity contribution in [2.75, 3.05) is 25.1 Å². The third-order valence-electron chi connectivity index (χ3n) is 5.63. The average molecular weight is 390 g/mol. The molecule has 0 aromatic heterocycles. The number of carbonyl (C=O) groups is 2. The van der Waals surface area contributed by atoms with Gasteiger partial charge >= 0.3 is 0 Å². The first-order chi connectivity index (χ1) is 14.0. The summed E-state index contributed by atoms with van der Waals surface area (Å²) >= 11 is 0. The quantitative estimate of drug-likeness (QED) is 0.742. The van der Waals surface area contributed by atoms with E-state index in [0.717, 1.165) is 25.1 Å². The van der Waals surface area contributed by atoms with Crippen LogP contribution in [0.5, 0.6) is 5.75 Å². The number of hydrogen-bond acceptors (Lipinski definition) is 4. The summed E-state index contributed by atoms with van der Waals surface area (Å²) in [4.78, 5) is 30.6. The number of imide groups is 1. The van der Waals surface area contributed by atoms with Crippen LogP contribution in [0.15, 0.2) is 60.3 Å². The molecule has 0 bridgehead atoms. The predicted molar refractivity (Wildman–Crippen MR) is 113 cm³/mol. The number of hydrogen-bond donors (Lipinski definition) is 0. The van der Waals surface area contributed by atoms with Gasteiger partial charge in [0.15, 0.2) is 0 Å². The van der Waals surface area contributed by atoms with Crippen molar-refractivity contribution in [3.05, 3.63) is 65.9 Å². The third-order valence-corrected chi connectivity index (χ3v) is 5.63. The molecule has 2 aromatic rings. The molecular formula is C24H26N2O3. The lowest BCUT2D eigenvalue weighted by molar-refractivity contribution is -0.120. The van der Waals surface area contributed by atoms with E-state index in [0.29, 0.717) is 34.5 Å². The Kier molecular flexibility index (Phi) is 5.14. The van der Waals surface area contributed by atoms with E-state index >= 15 is 0 Å². The topological polar surface area (TPSA) is 49.9 Å². The summed E-state index contributed by atoms with van der Waals surface area (Å²) in [5, 5.41) is 0. The maximum atomic E-state index is 13.6. The first-order valence-electron chi connectivity index (χ1n) is 10.1. The summed E-state index contributed by atoms with van der Waals surface area (Å²) < 4.78 is 5.43. The summed E-state index contributed by atoms with van der Waals surface area (Å²) in [6.07, 6.45) is 1.13. The molecule has 2 atom stereocenters. The number of anilines is 1. The van der Waals surface area contributed by atoms with Gasteiger partial charge in [0.05, 0.1) is 18.4 Å².